The Kier molecular flexibility index (Phi) is 3.27. The summed E-state index contributed by atoms with van der Waals surface area (Å²) in [6.07, 6.45) is 1.69. The molecule has 0 spiro atoms. The molecule has 0 aliphatic heterocycles. The molecule has 1 aromatic rings. The molecule has 0 aliphatic rings. The van der Waals surface area contributed by atoms with Crippen molar-refractivity contribution in [3.05, 3.63) is 18.0 Å². The number of hydrogen-bond donors (Lipinski definition) is 2. The van der Waals surface area contributed by atoms with Crippen LogP contribution in [0.3, 0.4) is 0 Å². The Balaban J connectivity index is 0.000000640. The Morgan fingerprint density at radius 2 is 2.44 bits per heavy atom. The third-order valence-electron chi connectivity index (χ3n) is 1.01. The van der Waals surface area contributed by atoms with Crippen molar-refractivity contribution in [2.24, 2.45) is 5.73 Å². The van der Waals surface area contributed by atoms with Gasteiger partial charge in [-0.15, -0.1) is 12.4 Å². The van der Waals surface area contributed by atoms with Crippen LogP contribution < -0.4 is 5.73 Å². The zero-order valence-electron chi connectivity index (χ0n) is 5.16. The minimum Gasteiger partial charge on any atom is -0.323 e. The Labute approximate surface area is 60.1 Å². The van der Waals surface area contributed by atoms with Crippen molar-refractivity contribution in [2.45, 2.75) is 13.0 Å². The van der Waals surface area contributed by atoms with E-state index in [9.17, 15) is 0 Å². The van der Waals surface area contributed by atoms with Gasteiger partial charge in [0.2, 0.25) is 0 Å². The second kappa shape index (κ2) is 3.48. The summed E-state index contributed by atoms with van der Waals surface area (Å²) in [5.74, 6) is 0. The van der Waals surface area contributed by atoms with E-state index >= 15 is 0 Å². The monoisotopic (exact) mass is 147 g/mol. The largest absolute Gasteiger partial charge is 0.323 e. The lowest BCUT2D eigenvalue weighted by molar-refractivity contribution is 0.772. The van der Waals surface area contributed by atoms with Gasteiger partial charge in [0, 0.05) is 12.2 Å². The summed E-state index contributed by atoms with van der Waals surface area (Å²) in [6, 6.07) is 1.93. The second-order valence-electron chi connectivity index (χ2n) is 1.80. The number of hydrogen-bond acceptors (Lipinski definition) is 2. The highest BCUT2D eigenvalue weighted by molar-refractivity contribution is 5.85. The van der Waals surface area contributed by atoms with Crippen LogP contribution in [0.4, 0.5) is 0 Å². The van der Waals surface area contributed by atoms with Gasteiger partial charge < -0.3 is 5.73 Å². The van der Waals surface area contributed by atoms with Crippen molar-refractivity contribution < 1.29 is 0 Å². The van der Waals surface area contributed by atoms with Crippen molar-refractivity contribution in [2.75, 3.05) is 0 Å². The normalized spacial score (nSPS) is 12.2. The molecule has 4 heteroatoms. The van der Waals surface area contributed by atoms with Gasteiger partial charge in [-0.1, -0.05) is 0 Å². The Hall–Kier alpha value is -0.540. The summed E-state index contributed by atoms with van der Waals surface area (Å²) in [5, 5.41) is 6.50. The third kappa shape index (κ3) is 2.03. The molecule has 0 fully saturated rings. The van der Waals surface area contributed by atoms with E-state index in [2.05, 4.69) is 10.2 Å². The smallest absolute Gasteiger partial charge is 0.0516 e. The lowest BCUT2D eigenvalue weighted by Gasteiger charge is -1.96. The van der Waals surface area contributed by atoms with Crippen molar-refractivity contribution in [3.8, 4) is 0 Å². The zero-order valence-corrected chi connectivity index (χ0v) is 5.98. The van der Waals surface area contributed by atoms with Crippen molar-refractivity contribution in [1.82, 2.24) is 10.2 Å². The molecule has 1 heterocycles. The fourth-order valence-electron chi connectivity index (χ4n) is 0.520. The molecule has 0 saturated heterocycles. The van der Waals surface area contributed by atoms with Gasteiger partial charge in [0.05, 0.1) is 5.69 Å². The van der Waals surface area contributed by atoms with Gasteiger partial charge in [0.1, 0.15) is 0 Å². The Morgan fingerprint density at radius 1 is 1.78 bits per heavy atom. The first-order valence-corrected chi connectivity index (χ1v) is 2.55. The van der Waals surface area contributed by atoms with Crippen LogP contribution in [0.25, 0.3) is 0 Å². The molecular weight excluding hydrogens is 138 g/mol. The molecule has 0 aliphatic carbocycles. The van der Waals surface area contributed by atoms with Crippen LogP contribution in [0.5, 0.6) is 0 Å². The first-order chi connectivity index (χ1) is 3.80. The third-order valence-corrected chi connectivity index (χ3v) is 1.01. The highest BCUT2D eigenvalue weighted by Gasteiger charge is 1.96. The Morgan fingerprint density at radius 3 is 2.67 bits per heavy atom. The molecule has 0 radical (unpaired) electrons. The quantitative estimate of drug-likeness (QED) is 0.619. The number of aromatic nitrogens is 2. The molecule has 1 rings (SSSR count). The average Bonchev–Trinajstić information content (AvgIpc) is 2.12. The van der Waals surface area contributed by atoms with Crippen LogP contribution in [-0.2, 0) is 0 Å². The van der Waals surface area contributed by atoms with Gasteiger partial charge in [0.15, 0.2) is 0 Å². The van der Waals surface area contributed by atoms with Crippen molar-refractivity contribution in [1.29, 1.82) is 0 Å². The molecular formula is C5H10ClN3. The molecule has 1 atom stereocenters. The molecule has 0 bridgehead atoms. The highest BCUT2D eigenvalue weighted by Crippen LogP contribution is 2.01. The summed E-state index contributed by atoms with van der Waals surface area (Å²) in [6.45, 7) is 1.91. The molecule has 52 valence electrons. The van der Waals surface area contributed by atoms with E-state index in [1.54, 1.807) is 6.20 Å². The fraction of sp³-hybridized carbons (Fsp3) is 0.400. The number of aromatic amines is 1. The first-order valence-electron chi connectivity index (χ1n) is 2.55. The molecule has 3 nitrogen and oxygen atoms in total. The number of nitrogens with one attached hydrogen (secondary N) is 1. The lowest BCUT2D eigenvalue weighted by Crippen LogP contribution is -2.04. The van der Waals surface area contributed by atoms with Crippen molar-refractivity contribution >= 4 is 12.4 Å². The zero-order chi connectivity index (χ0) is 5.98. The van der Waals surface area contributed by atoms with Gasteiger partial charge >= 0.3 is 0 Å². The van der Waals surface area contributed by atoms with Crippen LogP contribution >= 0.6 is 12.4 Å². The minimum atomic E-state index is 0. The number of nitrogens with two attached hydrogens (primary N) is 1. The summed E-state index contributed by atoms with van der Waals surface area (Å²) in [4.78, 5) is 0. The topological polar surface area (TPSA) is 54.7 Å². The van der Waals surface area contributed by atoms with E-state index in [1.165, 1.54) is 0 Å². The van der Waals surface area contributed by atoms with Crippen molar-refractivity contribution in [3.63, 3.8) is 0 Å². The number of nitrogens with zero attached hydrogens (tertiary/aromatic N) is 1. The standard InChI is InChI=1S/C5H9N3.ClH/c1-4(6)5-2-3-7-8-5;/h2-4H,6H2,1H3,(H,7,8);1H/t4-;/m1./s1. The summed E-state index contributed by atoms with van der Waals surface area (Å²) < 4.78 is 0. The molecule has 0 aromatic carbocycles. The van der Waals surface area contributed by atoms with Gasteiger partial charge in [-0.05, 0) is 13.0 Å². The van der Waals surface area contributed by atoms with Gasteiger partial charge in [-0.25, -0.2) is 0 Å². The number of H-pyrrole nitrogens is 1. The number of halogens is 1. The van der Waals surface area contributed by atoms with E-state index in [1.807, 2.05) is 13.0 Å². The first kappa shape index (κ1) is 8.46. The average molecular weight is 148 g/mol. The lowest BCUT2D eigenvalue weighted by atomic mass is 10.3. The summed E-state index contributed by atoms with van der Waals surface area (Å²) in [7, 11) is 0. The Bertz CT molecular complexity index is 147. The van der Waals surface area contributed by atoms with Gasteiger partial charge in [0.25, 0.3) is 0 Å². The molecule has 3 N–H and O–H groups in total. The van der Waals surface area contributed by atoms with E-state index in [4.69, 9.17) is 5.73 Å². The maximum Gasteiger partial charge on any atom is 0.0516 e. The van der Waals surface area contributed by atoms with Gasteiger partial charge in [-0.2, -0.15) is 5.10 Å². The molecule has 0 unspecified atom stereocenters. The van der Waals surface area contributed by atoms with Crippen LogP contribution in [-0.4, -0.2) is 10.2 Å². The predicted octanol–water partition coefficient (Wildman–Crippen LogP) is 0.851. The van der Waals surface area contributed by atoms with Crippen LogP contribution in [0.1, 0.15) is 18.7 Å². The predicted molar refractivity (Wildman–Crippen MR) is 38.4 cm³/mol. The molecule has 0 amide bonds. The van der Waals surface area contributed by atoms with Crippen LogP contribution in [0.15, 0.2) is 12.3 Å². The van der Waals surface area contributed by atoms with E-state index in [0.717, 1.165) is 5.69 Å². The van der Waals surface area contributed by atoms with E-state index in [0.29, 0.717) is 0 Å². The maximum atomic E-state index is 5.49. The molecule has 0 saturated carbocycles. The van der Waals surface area contributed by atoms with Crippen LogP contribution in [0, 0.1) is 0 Å². The van der Waals surface area contributed by atoms with E-state index < -0.39 is 0 Å². The van der Waals surface area contributed by atoms with E-state index in [-0.39, 0.29) is 18.4 Å². The van der Waals surface area contributed by atoms with Crippen LogP contribution in [0.2, 0.25) is 0 Å². The summed E-state index contributed by atoms with van der Waals surface area (Å²) in [5.41, 5.74) is 6.46. The fourth-order valence-corrected chi connectivity index (χ4v) is 0.520. The molecule has 9 heavy (non-hydrogen) atoms. The SMILES string of the molecule is C[C@@H](N)c1ccn[nH]1.Cl. The second-order valence-corrected chi connectivity index (χ2v) is 1.80. The minimum absolute atomic E-state index is 0. The van der Waals surface area contributed by atoms with Gasteiger partial charge in [-0.3, -0.25) is 5.10 Å². The molecule has 1 aromatic heterocycles. The number of rotatable bonds is 1. The maximum absolute atomic E-state index is 5.49. The highest BCUT2D eigenvalue weighted by atomic mass is 35.5. The summed E-state index contributed by atoms with van der Waals surface area (Å²) >= 11 is 0.